The van der Waals surface area contributed by atoms with Crippen molar-refractivity contribution in [1.29, 1.82) is 0 Å². The Bertz CT molecular complexity index is 1410. The fourth-order valence-corrected chi connectivity index (χ4v) is 4.44. The van der Waals surface area contributed by atoms with E-state index in [4.69, 9.17) is 4.42 Å². The van der Waals surface area contributed by atoms with Crippen LogP contribution in [0.5, 0.6) is 0 Å². The van der Waals surface area contributed by atoms with Gasteiger partial charge in [-0.15, -0.1) is 0 Å². The van der Waals surface area contributed by atoms with Crippen molar-refractivity contribution in [2.24, 2.45) is 0 Å². The number of carbonyl (C=O) groups excluding carboxylic acids is 3. The van der Waals surface area contributed by atoms with E-state index in [1.54, 1.807) is 24.3 Å². The molecule has 1 aliphatic heterocycles. The number of nitrogens with zero attached hydrogens (tertiary/aromatic N) is 3. The van der Waals surface area contributed by atoms with Crippen LogP contribution in [0.2, 0.25) is 0 Å². The van der Waals surface area contributed by atoms with Gasteiger partial charge in [-0.3, -0.25) is 14.4 Å². The van der Waals surface area contributed by atoms with Crippen molar-refractivity contribution < 1.29 is 23.2 Å². The molecular formula is C28H24FN3O4. The average molecular weight is 486 g/mol. The lowest BCUT2D eigenvalue weighted by Crippen LogP contribution is -2.49. The average Bonchev–Trinajstić information content (AvgIpc) is 3.45. The minimum Gasteiger partial charge on any atom is -0.436 e. The first-order valence-electron chi connectivity index (χ1n) is 11.8. The molecule has 0 N–H and O–H groups in total. The van der Waals surface area contributed by atoms with Gasteiger partial charge in [-0.25, -0.2) is 14.3 Å². The molecule has 0 spiro atoms. The molecule has 2 atom stereocenters. The van der Waals surface area contributed by atoms with Gasteiger partial charge < -0.3 is 9.32 Å². The predicted octanol–water partition coefficient (Wildman–Crippen LogP) is 5.21. The molecular weight excluding hydrogens is 461 g/mol. The van der Waals surface area contributed by atoms with Crippen LogP contribution in [0, 0.1) is 5.82 Å². The lowest BCUT2D eigenvalue weighted by Gasteiger charge is -2.33. The Hall–Kier alpha value is -4.33. The second-order valence-corrected chi connectivity index (χ2v) is 8.80. The molecule has 2 unspecified atom stereocenters. The number of fused-ring (bicyclic) bond motifs is 1. The molecule has 3 aromatic carbocycles. The van der Waals surface area contributed by atoms with Crippen molar-refractivity contribution in [3.8, 4) is 11.5 Å². The van der Waals surface area contributed by atoms with Crippen molar-refractivity contribution >= 4 is 34.5 Å². The third-order valence-corrected chi connectivity index (χ3v) is 6.52. The molecule has 4 aromatic rings. The van der Waals surface area contributed by atoms with Crippen molar-refractivity contribution in [3.63, 3.8) is 0 Å². The van der Waals surface area contributed by atoms with Crippen molar-refractivity contribution in [3.05, 3.63) is 84.2 Å². The summed E-state index contributed by atoms with van der Waals surface area (Å²) in [7, 11) is 0. The molecule has 1 fully saturated rings. The van der Waals surface area contributed by atoms with Crippen LogP contribution in [0.4, 0.5) is 10.1 Å². The van der Waals surface area contributed by atoms with Gasteiger partial charge in [-0.2, -0.15) is 0 Å². The van der Waals surface area contributed by atoms with E-state index in [0.29, 0.717) is 29.1 Å². The third kappa shape index (κ3) is 4.15. The van der Waals surface area contributed by atoms with Gasteiger partial charge in [0.1, 0.15) is 17.4 Å². The Morgan fingerprint density at radius 3 is 2.44 bits per heavy atom. The maximum Gasteiger partial charge on any atom is 0.257 e. The molecule has 1 saturated heterocycles. The van der Waals surface area contributed by atoms with E-state index in [1.165, 1.54) is 29.2 Å². The number of hydrogen-bond donors (Lipinski definition) is 0. The van der Waals surface area contributed by atoms with Crippen molar-refractivity contribution in [1.82, 2.24) is 9.88 Å². The molecule has 0 saturated carbocycles. The standard InChI is InChI=1S/C28H24FN3O4/c1-3-17(2)31(27(34)19-8-12-20(29)13-9-19)23-16-25(33)32(28(23)35)21-14-10-18(11-15-21)26-30-22-6-4-5-7-24(22)36-26/h4-15,17,23H,3,16H2,1-2H3. The zero-order valence-electron chi connectivity index (χ0n) is 19.8. The summed E-state index contributed by atoms with van der Waals surface area (Å²) in [6.07, 6.45) is 0.465. The van der Waals surface area contributed by atoms with Gasteiger partial charge in [-0.05, 0) is 74.0 Å². The van der Waals surface area contributed by atoms with Gasteiger partial charge >= 0.3 is 0 Å². The van der Waals surface area contributed by atoms with Crippen molar-refractivity contribution in [2.75, 3.05) is 4.90 Å². The summed E-state index contributed by atoms with van der Waals surface area (Å²) < 4.78 is 19.2. The Balaban J connectivity index is 1.41. The molecule has 8 heteroatoms. The SMILES string of the molecule is CCC(C)N(C(=O)c1ccc(F)cc1)C1CC(=O)N(c2ccc(-c3nc4ccccc4o3)cc2)C1=O. The highest BCUT2D eigenvalue weighted by atomic mass is 19.1. The van der Waals surface area contributed by atoms with Gasteiger partial charge in [0.2, 0.25) is 11.8 Å². The fourth-order valence-electron chi connectivity index (χ4n) is 4.44. The Morgan fingerprint density at radius 1 is 1.08 bits per heavy atom. The van der Waals surface area contributed by atoms with E-state index in [1.807, 2.05) is 38.1 Å². The smallest absolute Gasteiger partial charge is 0.257 e. The number of hydrogen-bond acceptors (Lipinski definition) is 5. The van der Waals surface area contributed by atoms with E-state index < -0.39 is 23.7 Å². The van der Waals surface area contributed by atoms with Crippen LogP contribution in [0.3, 0.4) is 0 Å². The summed E-state index contributed by atoms with van der Waals surface area (Å²) in [5.41, 5.74) is 2.78. The quantitative estimate of drug-likeness (QED) is 0.350. The second kappa shape index (κ2) is 9.37. The first-order valence-corrected chi connectivity index (χ1v) is 11.8. The highest BCUT2D eigenvalue weighted by molar-refractivity contribution is 6.23. The number of benzene rings is 3. The number of para-hydroxylation sites is 2. The monoisotopic (exact) mass is 485 g/mol. The van der Waals surface area contributed by atoms with Crippen LogP contribution in [-0.2, 0) is 9.59 Å². The second-order valence-electron chi connectivity index (χ2n) is 8.80. The number of aromatic nitrogens is 1. The van der Waals surface area contributed by atoms with Crippen LogP contribution in [0.1, 0.15) is 37.0 Å². The lowest BCUT2D eigenvalue weighted by molar-refractivity contribution is -0.122. The number of imide groups is 1. The van der Waals surface area contributed by atoms with Crippen LogP contribution >= 0.6 is 0 Å². The molecule has 1 aromatic heterocycles. The molecule has 0 aliphatic carbocycles. The third-order valence-electron chi connectivity index (χ3n) is 6.52. The van der Waals surface area contributed by atoms with Gasteiger partial charge in [0, 0.05) is 17.2 Å². The number of anilines is 1. The number of halogens is 1. The van der Waals surface area contributed by atoms with E-state index >= 15 is 0 Å². The topological polar surface area (TPSA) is 83.7 Å². The number of carbonyl (C=O) groups is 3. The number of rotatable bonds is 6. The number of amides is 3. The van der Waals surface area contributed by atoms with Gasteiger partial charge in [0.05, 0.1) is 12.1 Å². The van der Waals surface area contributed by atoms with Crippen LogP contribution in [-0.4, -0.2) is 39.7 Å². The first kappa shape index (κ1) is 23.4. The number of oxazole rings is 1. The minimum absolute atomic E-state index is 0.122. The fraction of sp³-hybridized carbons (Fsp3) is 0.214. The van der Waals surface area contributed by atoms with Gasteiger partial charge in [0.25, 0.3) is 11.8 Å². The zero-order chi connectivity index (χ0) is 25.4. The minimum atomic E-state index is -0.943. The molecule has 3 amide bonds. The zero-order valence-corrected chi connectivity index (χ0v) is 19.8. The maximum atomic E-state index is 13.5. The molecule has 1 aliphatic rings. The van der Waals surface area contributed by atoms with Crippen LogP contribution < -0.4 is 4.90 Å². The largest absolute Gasteiger partial charge is 0.436 e. The molecule has 2 heterocycles. The molecule has 0 radical (unpaired) electrons. The summed E-state index contributed by atoms with van der Waals surface area (Å²) >= 11 is 0. The van der Waals surface area contributed by atoms with Gasteiger partial charge in [0.15, 0.2) is 5.58 Å². The molecule has 0 bridgehead atoms. The van der Waals surface area contributed by atoms with Crippen molar-refractivity contribution in [2.45, 2.75) is 38.8 Å². The maximum absolute atomic E-state index is 13.5. The summed E-state index contributed by atoms with van der Waals surface area (Å²) in [5.74, 6) is -1.29. The highest BCUT2D eigenvalue weighted by Gasteiger charge is 2.45. The highest BCUT2D eigenvalue weighted by Crippen LogP contribution is 2.31. The van der Waals surface area contributed by atoms with E-state index in [2.05, 4.69) is 4.98 Å². The summed E-state index contributed by atoms with van der Waals surface area (Å²) in [6.45, 7) is 3.73. The lowest BCUT2D eigenvalue weighted by atomic mass is 10.1. The van der Waals surface area contributed by atoms with E-state index in [-0.39, 0.29) is 23.9 Å². The summed E-state index contributed by atoms with van der Waals surface area (Å²) in [5, 5.41) is 0. The van der Waals surface area contributed by atoms with E-state index in [9.17, 15) is 18.8 Å². The summed E-state index contributed by atoms with van der Waals surface area (Å²) in [6, 6.07) is 18.2. The molecule has 182 valence electrons. The van der Waals surface area contributed by atoms with Crippen LogP contribution in [0.25, 0.3) is 22.6 Å². The Morgan fingerprint density at radius 2 is 1.78 bits per heavy atom. The summed E-state index contributed by atoms with van der Waals surface area (Å²) in [4.78, 5) is 46.8. The molecule has 36 heavy (non-hydrogen) atoms. The van der Waals surface area contributed by atoms with E-state index in [0.717, 1.165) is 10.4 Å². The Labute approximate surface area is 207 Å². The molecule has 5 rings (SSSR count). The normalized spacial score (nSPS) is 16.5. The van der Waals surface area contributed by atoms with Crippen LogP contribution in [0.15, 0.2) is 77.2 Å². The first-order chi connectivity index (χ1) is 17.4. The Kier molecular flexibility index (Phi) is 6.10. The predicted molar refractivity (Wildman–Crippen MR) is 133 cm³/mol. The van der Waals surface area contributed by atoms with Gasteiger partial charge in [-0.1, -0.05) is 19.1 Å². The molecule has 7 nitrogen and oxygen atoms in total.